The molecule has 6 heteroatoms. The van der Waals surface area contributed by atoms with E-state index in [1.165, 1.54) is 0 Å². The van der Waals surface area contributed by atoms with Crippen LogP contribution in [0.4, 0.5) is 0 Å². The van der Waals surface area contributed by atoms with E-state index in [0.717, 1.165) is 33.9 Å². The molecule has 4 aromatic rings. The fourth-order valence-electron chi connectivity index (χ4n) is 3.27. The number of fused-ring (bicyclic) bond motifs is 1. The van der Waals surface area contributed by atoms with Gasteiger partial charge in [0.25, 0.3) is 5.91 Å². The average Bonchev–Trinajstić information content (AvgIpc) is 3.29. The van der Waals surface area contributed by atoms with E-state index in [4.69, 9.17) is 4.42 Å². The van der Waals surface area contributed by atoms with Crippen molar-refractivity contribution in [2.24, 2.45) is 0 Å². The van der Waals surface area contributed by atoms with Crippen molar-refractivity contribution in [1.82, 2.24) is 19.5 Å². The van der Waals surface area contributed by atoms with Crippen LogP contribution in [-0.4, -0.2) is 32.5 Å². The van der Waals surface area contributed by atoms with E-state index < -0.39 is 0 Å². The molecule has 0 atom stereocenters. The summed E-state index contributed by atoms with van der Waals surface area (Å²) in [6.45, 7) is 4.25. The smallest absolute Gasteiger partial charge is 0.257 e. The molecule has 0 unspecified atom stereocenters. The minimum absolute atomic E-state index is 0.118. The fraction of sp³-hybridized carbons (Fsp3) is 0.190. The molecule has 0 saturated heterocycles. The van der Waals surface area contributed by atoms with Crippen LogP contribution in [0.1, 0.15) is 27.5 Å². The van der Waals surface area contributed by atoms with Crippen molar-refractivity contribution in [2.45, 2.75) is 20.4 Å². The Morgan fingerprint density at radius 3 is 2.63 bits per heavy atom. The summed E-state index contributed by atoms with van der Waals surface area (Å²) in [5.74, 6) is 0.617. The van der Waals surface area contributed by atoms with Gasteiger partial charge in [-0.15, -0.1) is 0 Å². The molecule has 0 spiro atoms. The Morgan fingerprint density at radius 1 is 1.15 bits per heavy atom. The summed E-state index contributed by atoms with van der Waals surface area (Å²) in [5.41, 5.74) is 4.97. The number of nitrogens with zero attached hydrogens (tertiary/aromatic N) is 4. The highest BCUT2D eigenvalue weighted by Gasteiger charge is 2.21. The predicted molar refractivity (Wildman–Crippen MR) is 102 cm³/mol. The molecular weight excluding hydrogens is 340 g/mol. The molecule has 0 aliphatic heterocycles. The van der Waals surface area contributed by atoms with Crippen molar-refractivity contribution in [3.8, 4) is 11.1 Å². The lowest BCUT2D eigenvalue weighted by molar-refractivity contribution is 0.0773. The monoisotopic (exact) mass is 360 g/mol. The van der Waals surface area contributed by atoms with Crippen LogP contribution in [0.5, 0.6) is 0 Å². The molecule has 3 aromatic heterocycles. The number of aromatic nitrogens is 3. The quantitative estimate of drug-likeness (QED) is 0.554. The van der Waals surface area contributed by atoms with Gasteiger partial charge in [-0.1, -0.05) is 30.3 Å². The van der Waals surface area contributed by atoms with E-state index in [2.05, 4.69) is 10.1 Å². The van der Waals surface area contributed by atoms with Crippen LogP contribution in [-0.2, 0) is 6.54 Å². The Labute approximate surface area is 157 Å². The van der Waals surface area contributed by atoms with E-state index in [9.17, 15) is 4.79 Å². The maximum Gasteiger partial charge on any atom is 0.257 e. The third-order valence-corrected chi connectivity index (χ3v) is 4.67. The fourth-order valence-corrected chi connectivity index (χ4v) is 3.27. The Hall–Kier alpha value is -3.41. The van der Waals surface area contributed by atoms with Gasteiger partial charge >= 0.3 is 0 Å². The average molecular weight is 360 g/mol. The van der Waals surface area contributed by atoms with Gasteiger partial charge in [0.15, 0.2) is 5.65 Å². The zero-order valence-electron chi connectivity index (χ0n) is 15.5. The van der Waals surface area contributed by atoms with E-state index in [0.29, 0.717) is 12.1 Å². The first-order valence-corrected chi connectivity index (χ1v) is 8.74. The number of amides is 1. The largest absolute Gasteiger partial charge is 0.467 e. The lowest BCUT2D eigenvalue weighted by Crippen LogP contribution is -2.27. The normalized spacial score (nSPS) is 11.1. The highest BCUT2D eigenvalue weighted by Crippen LogP contribution is 2.28. The van der Waals surface area contributed by atoms with E-state index in [1.807, 2.05) is 56.3 Å². The molecule has 6 nitrogen and oxygen atoms in total. The number of furan rings is 1. The standard InChI is InChI=1S/C21H20N4O2/c1-14-19(16-8-5-4-6-9-16)20-22-12-18(15(2)25(20)23-14)21(26)24(3)13-17-10-7-11-27-17/h4-12H,13H2,1-3H3. The van der Waals surface area contributed by atoms with Crippen molar-refractivity contribution >= 4 is 11.6 Å². The van der Waals surface area contributed by atoms with Gasteiger partial charge in [0.2, 0.25) is 0 Å². The van der Waals surface area contributed by atoms with Crippen LogP contribution < -0.4 is 0 Å². The highest BCUT2D eigenvalue weighted by atomic mass is 16.3. The predicted octanol–water partition coefficient (Wildman–Crippen LogP) is 3.88. The van der Waals surface area contributed by atoms with Crippen molar-refractivity contribution < 1.29 is 9.21 Å². The van der Waals surface area contributed by atoms with Crippen LogP contribution >= 0.6 is 0 Å². The van der Waals surface area contributed by atoms with Gasteiger partial charge in [0.05, 0.1) is 29.8 Å². The zero-order chi connectivity index (χ0) is 19.0. The maximum absolute atomic E-state index is 12.9. The SMILES string of the molecule is Cc1nn2c(C)c(C(=O)N(C)Cc3ccco3)cnc2c1-c1ccccc1. The first-order valence-electron chi connectivity index (χ1n) is 8.74. The lowest BCUT2D eigenvalue weighted by atomic mass is 10.1. The second kappa shape index (κ2) is 6.72. The second-order valence-electron chi connectivity index (χ2n) is 6.56. The van der Waals surface area contributed by atoms with Gasteiger partial charge in [0.1, 0.15) is 5.76 Å². The summed E-state index contributed by atoms with van der Waals surface area (Å²) in [4.78, 5) is 19.1. The molecule has 1 aromatic carbocycles. The number of benzene rings is 1. The van der Waals surface area contributed by atoms with Crippen LogP contribution in [0.3, 0.4) is 0 Å². The van der Waals surface area contributed by atoms with E-state index in [1.54, 1.807) is 28.9 Å². The summed E-state index contributed by atoms with van der Waals surface area (Å²) < 4.78 is 7.09. The summed E-state index contributed by atoms with van der Waals surface area (Å²) in [7, 11) is 1.75. The summed E-state index contributed by atoms with van der Waals surface area (Å²) in [6.07, 6.45) is 3.24. The van der Waals surface area contributed by atoms with Crippen LogP contribution in [0.15, 0.2) is 59.3 Å². The van der Waals surface area contributed by atoms with Crippen LogP contribution in [0.25, 0.3) is 16.8 Å². The molecule has 0 N–H and O–H groups in total. The number of rotatable bonds is 4. The van der Waals surface area contributed by atoms with Crippen molar-refractivity contribution in [1.29, 1.82) is 0 Å². The van der Waals surface area contributed by atoms with Gasteiger partial charge in [0, 0.05) is 18.8 Å². The summed E-state index contributed by atoms with van der Waals surface area (Å²) in [6, 6.07) is 13.7. The maximum atomic E-state index is 12.9. The molecular formula is C21H20N4O2. The lowest BCUT2D eigenvalue weighted by Gasteiger charge is -2.17. The first-order chi connectivity index (χ1) is 13.1. The first kappa shape index (κ1) is 17.0. The van der Waals surface area contributed by atoms with Gasteiger partial charge in [-0.25, -0.2) is 9.50 Å². The number of carbonyl (C=O) groups is 1. The van der Waals surface area contributed by atoms with Gasteiger partial charge in [-0.05, 0) is 31.5 Å². The topological polar surface area (TPSA) is 63.6 Å². The number of carbonyl (C=O) groups excluding carboxylic acids is 1. The molecule has 0 aliphatic carbocycles. The Balaban J connectivity index is 1.74. The highest BCUT2D eigenvalue weighted by molar-refractivity contribution is 5.95. The van der Waals surface area contributed by atoms with Crippen molar-refractivity contribution in [3.05, 3.63) is 77.6 Å². The van der Waals surface area contributed by atoms with Gasteiger partial charge in [-0.2, -0.15) is 5.10 Å². The third-order valence-electron chi connectivity index (χ3n) is 4.67. The summed E-state index contributed by atoms with van der Waals surface area (Å²) >= 11 is 0. The van der Waals surface area contributed by atoms with E-state index in [-0.39, 0.29) is 5.91 Å². The number of hydrogen-bond acceptors (Lipinski definition) is 4. The minimum atomic E-state index is -0.118. The molecule has 0 aliphatic rings. The van der Waals surface area contributed by atoms with Gasteiger partial charge in [-0.3, -0.25) is 4.79 Å². The molecule has 1 amide bonds. The van der Waals surface area contributed by atoms with Crippen LogP contribution in [0.2, 0.25) is 0 Å². The van der Waals surface area contributed by atoms with Gasteiger partial charge < -0.3 is 9.32 Å². The Kier molecular flexibility index (Phi) is 4.24. The van der Waals surface area contributed by atoms with E-state index >= 15 is 0 Å². The third kappa shape index (κ3) is 2.99. The molecule has 3 heterocycles. The van der Waals surface area contributed by atoms with Crippen LogP contribution in [0, 0.1) is 13.8 Å². The second-order valence-corrected chi connectivity index (χ2v) is 6.56. The Morgan fingerprint density at radius 2 is 1.93 bits per heavy atom. The number of hydrogen-bond donors (Lipinski definition) is 0. The molecule has 27 heavy (non-hydrogen) atoms. The zero-order valence-corrected chi connectivity index (χ0v) is 15.5. The Bertz CT molecular complexity index is 1100. The molecule has 136 valence electrons. The number of aryl methyl sites for hydroxylation is 2. The molecule has 0 bridgehead atoms. The minimum Gasteiger partial charge on any atom is -0.467 e. The van der Waals surface area contributed by atoms with Crippen molar-refractivity contribution in [2.75, 3.05) is 7.05 Å². The van der Waals surface area contributed by atoms with Crippen molar-refractivity contribution in [3.63, 3.8) is 0 Å². The molecule has 0 fully saturated rings. The molecule has 0 radical (unpaired) electrons. The molecule has 4 rings (SSSR count). The summed E-state index contributed by atoms with van der Waals surface area (Å²) in [5, 5.41) is 4.63. The molecule has 0 saturated carbocycles.